The zero-order valence-corrected chi connectivity index (χ0v) is 14.6. The van der Waals surface area contributed by atoms with E-state index in [1.807, 2.05) is 0 Å². The van der Waals surface area contributed by atoms with Crippen LogP contribution in [0.5, 0.6) is 0 Å². The van der Waals surface area contributed by atoms with Crippen LogP contribution in [0.15, 0.2) is 0 Å². The van der Waals surface area contributed by atoms with E-state index < -0.39 is 0 Å². The number of aliphatic hydroxyl groups is 1. The van der Waals surface area contributed by atoms with E-state index in [0.717, 1.165) is 48.2 Å². The first-order valence-electron chi connectivity index (χ1n) is 7.82. The topological polar surface area (TPSA) is 39.6 Å². The molecule has 1 N–H and O–H groups in total. The summed E-state index contributed by atoms with van der Waals surface area (Å²) < 4.78 is 0. The average molecular weight is 309 g/mol. The predicted octanol–water partition coefficient (Wildman–Crippen LogP) is 2.68. The van der Waals surface area contributed by atoms with Crippen molar-refractivity contribution in [1.29, 1.82) is 0 Å². The summed E-state index contributed by atoms with van der Waals surface area (Å²) in [6.45, 7) is 12.1. The number of nitrogens with zero attached hydrogens (tertiary/aromatic N) is 3. The van der Waals surface area contributed by atoms with E-state index >= 15 is 0 Å². The van der Waals surface area contributed by atoms with Gasteiger partial charge in [0.05, 0.1) is 16.7 Å². The van der Waals surface area contributed by atoms with Gasteiger partial charge in [-0.25, -0.2) is 4.98 Å². The second-order valence-electron chi connectivity index (χ2n) is 8.02. The van der Waals surface area contributed by atoms with Crippen LogP contribution >= 0.6 is 11.3 Å². The number of hydrogen-bond donors (Lipinski definition) is 1. The third kappa shape index (κ3) is 2.83. The van der Waals surface area contributed by atoms with E-state index in [9.17, 15) is 5.11 Å². The molecule has 1 aromatic rings. The first-order chi connectivity index (χ1) is 9.68. The minimum atomic E-state index is -0.338. The Kier molecular flexibility index (Phi) is 3.58. The van der Waals surface area contributed by atoms with E-state index in [-0.39, 0.29) is 17.1 Å². The summed E-state index contributed by atoms with van der Waals surface area (Å²) in [5.41, 5.74) is 1.44. The summed E-state index contributed by atoms with van der Waals surface area (Å²) in [5.74, 6) is 0. The number of rotatable bonds is 1. The lowest BCUT2D eigenvalue weighted by atomic mass is 9.77. The molecule has 3 rings (SSSR count). The Hall–Kier alpha value is -0.650. The third-order valence-electron chi connectivity index (χ3n) is 5.00. The molecule has 5 heteroatoms. The average Bonchev–Trinajstić information content (AvgIpc) is 2.75. The molecule has 21 heavy (non-hydrogen) atoms. The molecule has 1 unspecified atom stereocenters. The van der Waals surface area contributed by atoms with Gasteiger partial charge in [0.1, 0.15) is 0 Å². The summed E-state index contributed by atoms with van der Waals surface area (Å²) >= 11 is 1.70. The zero-order valence-electron chi connectivity index (χ0n) is 13.8. The molecular weight excluding hydrogens is 282 g/mol. The van der Waals surface area contributed by atoms with Crippen molar-refractivity contribution in [2.75, 3.05) is 31.6 Å². The fraction of sp³-hybridized carbons (Fsp3) is 0.812. The van der Waals surface area contributed by atoms with Gasteiger partial charge in [0.2, 0.25) is 0 Å². The van der Waals surface area contributed by atoms with Gasteiger partial charge in [0.25, 0.3) is 0 Å². The normalized spacial score (nSPS) is 28.5. The molecule has 1 atom stereocenters. The van der Waals surface area contributed by atoms with Gasteiger partial charge < -0.3 is 10.0 Å². The molecule has 1 fully saturated rings. The van der Waals surface area contributed by atoms with Crippen LogP contribution in [0.25, 0.3) is 0 Å². The molecule has 1 aromatic heterocycles. The standard InChI is InChI=1S/C16H27N3OS/c1-15(2)8-11-13(12(20)9-15)21-14(17-11)19-7-6-18(5)16(3,4)10-19/h12,20H,6-10H2,1-5H3. The maximum atomic E-state index is 10.4. The Morgan fingerprint density at radius 2 is 1.95 bits per heavy atom. The number of aliphatic hydroxyl groups excluding tert-OH is 1. The third-order valence-corrected chi connectivity index (χ3v) is 6.26. The Labute approximate surface area is 131 Å². The molecule has 1 saturated heterocycles. The summed E-state index contributed by atoms with van der Waals surface area (Å²) in [6.07, 6.45) is 1.48. The molecule has 1 aliphatic carbocycles. The highest BCUT2D eigenvalue weighted by Crippen LogP contribution is 2.45. The summed E-state index contributed by atoms with van der Waals surface area (Å²) in [6, 6.07) is 0. The monoisotopic (exact) mass is 309 g/mol. The van der Waals surface area contributed by atoms with Gasteiger partial charge in [-0.3, -0.25) is 4.90 Å². The molecule has 0 saturated carbocycles. The van der Waals surface area contributed by atoms with Gasteiger partial charge in [-0.05, 0) is 39.2 Å². The van der Waals surface area contributed by atoms with Crippen LogP contribution < -0.4 is 4.90 Å². The minimum Gasteiger partial charge on any atom is -0.387 e. The number of anilines is 1. The van der Waals surface area contributed by atoms with E-state index in [1.54, 1.807) is 11.3 Å². The van der Waals surface area contributed by atoms with Crippen molar-refractivity contribution in [2.24, 2.45) is 5.41 Å². The van der Waals surface area contributed by atoms with Crippen molar-refractivity contribution in [3.63, 3.8) is 0 Å². The number of aromatic nitrogens is 1. The Balaban J connectivity index is 1.86. The van der Waals surface area contributed by atoms with Crippen molar-refractivity contribution >= 4 is 16.5 Å². The van der Waals surface area contributed by atoms with Gasteiger partial charge in [-0.2, -0.15) is 0 Å². The molecule has 2 aliphatic rings. The molecule has 1 aliphatic heterocycles. The van der Waals surface area contributed by atoms with Crippen LogP contribution in [-0.4, -0.2) is 47.2 Å². The van der Waals surface area contributed by atoms with Gasteiger partial charge >= 0.3 is 0 Å². The number of likely N-dealkylation sites (N-methyl/N-ethyl adjacent to an activating group) is 1. The highest BCUT2D eigenvalue weighted by atomic mass is 32.1. The van der Waals surface area contributed by atoms with Crippen LogP contribution in [0.1, 0.15) is 50.8 Å². The van der Waals surface area contributed by atoms with E-state index in [2.05, 4.69) is 44.5 Å². The second kappa shape index (κ2) is 4.93. The highest BCUT2D eigenvalue weighted by molar-refractivity contribution is 7.15. The van der Waals surface area contributed by atoms with Crippen molar-refractivity contribution < 1.29 is 5.11 Å². The molecule has 2 heterocycles. The van der Waals surface area contributed by atoms with Gasteiger partial charge in [-0.1, -0.05) is 25.2 Å². The van der Waals surface area contributed by atoms with Crippen molar-refractivity contribution in [3.05, 3.63) is 10.6 Å². The van der Waals surface area contributed by atoms with Crippen LogP contribution in [0.4, 0.5) is 5.13 Å². The van der Waals surface area contributed by atoms with Crippen molar-refractivity contribution in [2.45, 2.75) is 52.2 Å². The first kappa shape index (κ1) is 15.3. The zero-order chi connectivity index (χ0) is 15.4. The van der Waals surface area contributed by atoms with Gasteiger partial charge in [-0.15, -0.1) is 0 Å². The predicted molar refractivity (Wildman–Crippen MR) is 88.1 cm³/mol. The first-order valence-corrected chi connectivity index (χ1v) is 8.63. The summed E-state index contributed by atoms with van der Waals surface area (Å²) in [5, 5.41) is 11.5. The molecule has 0 amide bonds. The van der Waals surface area contributed by atoms with Crippen LogP contribution in [-0.2, 0) is 6.42 Å². The molecule has 0 bridgehead atoms. The van der Waals surface area contributed by atoms with E-state index in [4.69, 9.17) is 4.98 Å². The molecule has 0 radical (unpaired) electrons. The van der Waals surface area contributed by atoms with Gasteiger partial charge in [0, 0.05) is 25.2 Å². The highest BCUT2D eigenvalue weighted by Gasteiger charge is 2.37. The number of thiazole rings is 1. The molecule has 118 valence electrons. The number of hydrogen-bond acceptors (Lipinski definition) is 5. The van der Waals surface area contributed by atoms with Crippen molar-refractivity contribution in [3.8, 4) is 0 Å². The maximum Gasteiger partial charge on any atom is 0.185 e. The van der Waals surface area contributed by atoms with E-state index in [1.165, 1.54) is 0 Å². The summed E-state index contributed by atoms with van der Waals surface area (Å²) in [7, 11) is 2.19. The smallest absolute Gasteiger partial charge is 0.185 e. The maximum absolute atomic E-state index is 10.4. The lowest BCUT2D eigenvalue weighted by Gasteiger charge is -2.45. The largest absolute Gasteiger partial charge is 0.387 e. The molecule has 0 spiro atoms. The summed E-state index contributed by atoms with van der Waals surface area (Å²) in [4.78, 5) is 10.8. The lowest BCUT2D eigenvalue weighted by Crippen LogP contribution is -2.57. The molecular formula is C16H27N3OS. The van der Waals surface area contributed by atoms with Crippen LogP contribution in [0.3, 0.4) is 0 Å². The SMILES string of the molecule is CN1CCN(c2nc3c(s2)C(O)CC(C)(C)C3)CC1(C)C. The molecule has 4 nitrogen and oxygen atoms in total. The minimum absolute atomic E-state index is 0.152. The van der Waals surface area contributed by atoms with Gasteiger partial charge in [0.15, 0.2) is 5.13 Å². The molecule has 0 aromatic carbocycles. The Morgan fingerprint density at radius 1 is 1.24 bits per heavy atom. The second-order valence-corrected chi connectivity index (χ2v) is 9.03. The van der Waals surface area contributed by atoms with Crippen LogP contribution in [0.2, 0.25) is 0 Å². The fourth-order valence-electron chi connectivity index (χ4n) is 3.42. The van der Waals surface area contributed by atoms with Crippen molar-refractivity contribution in [1.82, 2.24) is 9.88 Å². The fourth-order valence-corrected chi connectivity index (χ4v) is 4.51. The Bertz CT molecular complexity index is 538. The Morgan fingerprint density at radius 3 is 2.62 bits per heavy atom. The quantitative estimate of drug-likeness (QED) is 0.866. The number of fused-ring (bicyclic) bond motifs is 1. The lowest BCUT2D eigenvalue weighted by molar-refractivity contribution is 0.102. The van der Waals surface area contributed by atoms with E-state index in [0.29, 0.717) is 0 Å². The van der Waals surface area contributed by atoms with Crippen LogP contribution in [0, 0.1) is 5.41 Å². The number of piperazine rings is 1.